The summed E-state index contributed by atoms with van der Waals surface area (Å²) >= 11 is 0. The Kier molecular flexibility index (Phi) is 5.51. The summed E-state index contributed by atoms with van der Waals surface area (Å²) in [6, 6.07) is 5.78. The number of hydrogen-bond acceptors (Lipinski definition) is 3. The van der Waals surface area contributed by atoms with Crippen LogP contribution in [0.1, 0.15) is 45.8 Å². The van der Waals surface area contributed by atoms with Gasteiger partial charge < -0.3 is 9.88 Å². The van der Waals surface area contributed by atoms with E-state index in [1.54, 1.807) is 40.0 Å². The van der Waals surface area contributed by atoms with Crippen molar-refractivity contribution in [1.82, 2.24) is 9.88 Å². The van der Waals surface area contributed by atoms with Gasteiger partial charge in [0.2, 0.25) is 0 Å². The van der Waals surface area contributed by atoms with Gasteiger partial charge in [-0.05, 0) is 44.0 Å². The highest BCUT2D eigenvalue weighted by Crippen LogP contribution is 2.15. The second-order valence-corrected chi connectivity index (χ2v) is 6.37. The molecule has 0 saturated carbocycles. The van der Waals surface area contributed by atoms with E-state index in [4.69, 9.17) is 0 Å². The molecule has 0 atom stereocenters. The minimum absolute atomic E-state index is 0.0881. The fourth-order valence-electron chi connectivity index (χ4n) is 2.52. The average molecular weight is 344 g/mol. The third-order valence-corrected chi connectivity index (χ3v) is 3.77. The zero-order valence-corrected chi connectivity index (χ0v) is 14.7. The molecule has 0 fully saturated rings. The molecule has 1 heterocycles. The summed E-state index contributed by atoms with van der Waals surface area (Å²) in [5.41, 5.74) is 1.65. The summed E-state index contributed by atoms with van der Waals surface area (Å²) in [5.74, 6) is -1.91. The predicted octanol–water partition coefficient (Wildman–Crippen LogP) is 2.61. The smallest absolute Gasteiger partial charge is 0.292 e. The minimum atomic E-state index is -0.700. The molecule has 132 valence electrons. The third kappa shape index (κ3) is 4.41. The van der Waals surface area contributed by atoms with E-state index in [9.17, 15) is 18.8 Å². The van der Waals surface area contributed by atoms with Crippen molar-refractivity contribution in [3.8, 4) is 0 Å². The van der Waals surface area contributed by atoms with Gasteiger partial charge in [-0.2, -0.15) is 0 Å². The third-order valence-electron chi connectivity index (χ3n) is 3.77. The van der Waals surface area contributed by atoms with Gasteiger partial charge in [0.25, 0.3) is 11.7 Å². The van der Waals surface area contributed by atoms with E-state index < -0.39 is 11.7 Å². The lowest BCUT2D eigenvalue weighted by Gasteiger charge is -2.05. The molecule has 1 N–H and O–H groups in total. The molecule has 0 bridgehead atoms. The maximum absolute atomic E-state index is 13.3. The monoisotopic (exact) mass is 344 g/mol. The molecule has 0 aliphatic heterocycles. The van der Waals surface area contributed by atoms with Crippen molar-refractivity contribution in [3.05, 3.63) is 58.7 Å². The van der Waals surface area contributed by atoms with Crippen molar-refractivity contribution in [2.45, 2.75) is 33.2 Å². The van der Waals surface area contributed by atoms with E-state index in [0.717, 1.165) is 0 Å². The van der Waals surface area contributed by atoms with Crippen LogP contribution in [-0.2, 0) is 18.3 Å². The van der Waals surface area contributed by atoms with Crippen molar-refractivity contribution >= 4 is 17.5 Å². The summed E-state index contributed by atoms with van der Waals surface area (Å²) in [6.07, 6.45) is 1.55. The fourth-order valence-corrected chi connectivity index (χ4v) is 2.52. The van der Waals surface area contributed by atoms with Crippen molar-refractivity contribution in [2.24, 2.45) is 7.05 Å². The maximum atomic E-state index is 13.3. The summed E-state index contributed by atoms with van der Waals surface area (Å²) in [6.45, 7) is 5.15. The highest BCUT2D eigenvalue weighted by Gasteiger charge is 2.21. The Morgan fingerprint density at radius 3 is 2.48 bits per heavy atom. The Labute approximate surface area is 145 Å². The van der Waals surface area contributed by atoms with Crippen LogP contribution in [0.4, 0.5) is 4.39 Å². The molecule has 1 amide bonds. The van der Waals surface area contributed by atoms with Gasteiger partial charge in [-0.15, -0.1) is 0 Å². The lowest BCUT2D eigenvalue weighted by molar-refractivity contribution is -0.117. The van der Waals surface area contributed by atoms with Gasteiger partial charge in [0, 0.05) is 31.3 Å². The van der Waals surface area contributed by atoms with E-state index in [1.807, 2.05) is 0 Å². The number of Topliss-reactive ketones (excluding diaryl/α,β-unsaturated/α-hetero) is 2. The van der Waals surface area contributed by atoms with E-state index in [-0.39, 0.29) is 29.6 Å². The van der Waals surface area contributed by atoms with Crippen molar-refractivity contribution in [1.29, 1.82) is 0 Å². The summed E-state index contributed by atoms with van der Waals surface area (Å²) in [7, 11) is 1.64. The quantitative estimate of drug-likeness (QED) is 0.647. The van der Waals surface area contributed by atoms with Crippen LogP contribution in [0.3, 0.4) is 0 Å². The summed E-state index contributed by atoms with van der Waals surface area (Å²) in [4.78, 5) is 36.4. The number of carbonyl (C=O) groups is 3. The number of aromatic nitrogens is 1. The lowest BCUT2D eigenvalue weighted by atomic mass is 10.0. The second kappa shape index (κ2) is 7.42. The van der Waals surface area contributed by atoms with Gasteiger partial charge >= 0.3 is 0 Å². The van der Waals surface area contributed by atoms with Gasteiger partial charge in [-0.1, -0.05) is 12.1 Å². The molecule has 2 aromatic rings. The molecule has 1 aromatic carbocycles. The van der Waals surface area contributed by atoms with Gasteiger partial charge in [-0.25, -0.2) is 4.39 Å². The summed E-state index contributed by atoms with van der Waals surface area (Å²) < 4.78 is 14.8. The van der Waals surface area contributed by atoms with Crippen molar-refractivity contribution in [3.63, 3.8) is 0 Å². The molecule has 25 heavy (non-hydrogen) atoms. The van der Waals surface area contributed by atoms with E-state index in [0.29, 0.717) is 16.8 Å². The largest absolute Gasteiger partial charge is 0.347 e. The van der Waals surface area contributed by atoms with Crippen LogP contribution in [-0.4, -0.2) is 28.1 Å². The van der Waals surface area contributed by atoms with Crippen LogP contribution in [0.5, 0.6) is 0 Å². The molecule has 1 aromatic heterocycles. The summed E-state index contributed by atoms with van der Waals surface area (Å²) in [5, 5.41) is 2.53. The molecule has 0 aliphatic rings. The highest BCUT2D eigenvalue weighted by molar-refractivity contribution is 6.43. The first-order valence-corrected chi connectivity index (χ1v) is 7.98. The SMILES string of the molecule is Cc1cc(CC(=O)c2cc(C(=O)C(=O)NC(C)C)cn2C)ccc1F. The zero-order valence-electron chi connectivity index (χ0n) is 14.7. The van der Waals surface area contributed by atoms with Crippen molar-refractivity contribution in [2.75, 3.05) is 0 Å². The molecular weight excluding hydrogens is 323 g/mol. The highest BCUT2D eigenvalue weighted by atomic mass is 19.1. The number of rotatable bonds is 6. The standard InChI is InChI=1S/C19H21FN2O3/c1-11(2)21-19(25)18(24)14-9-16(22(4)10-14)17(23)8-13-5-6-15(20)12(3)7-13/h5-7,9-11H,8H2,1-4H3,(H,21,25). The van der Waals surface area contributed by atoms with Crippen LogP contribution in [0, 0.1) is 12.7 Å². The number of carbonyl (C=O) groups excluding carboxylic acids is 3. The van der Waals surface area contributed by atoms with Crippen LogP contribution in [0.15, 0.2) is 30.5 Å². The number of nitrogens with zero attached hydrogens (tertiary/aromatic N) is 1. The number of halogens is 1. The predicted molar refractivity (Wildman–Crippen MR) is 92.2 cm³/mol. The van der Waals surface area contributed by atoms with Gasteiger partial charge in [-0.3, -0.25) is 14.4 Å². The Morgan fingerprint density at radius 1 is 1.20 bits per heavy atom. The van der Waals surface area contributed by atoms with Gasteiger partial charge in [0.05, 0.1) is 5.69 Å². The Hall–Kier alpha value is -2.76. The molecule has 0 unspecified atom stereocenters. The Balaban J connectivity index is 2.18. The first-order valence-electron chi connectivity index (χ1n) is 7.98. The number of hydrogen-bond donors (Lipinski definition) is 1. The first-order chi connectivity index (χ1) is 11.7. The van der Waals surface area contributed by atoms with Crippen LogP contribution in [0.2, 0.25) is 0 Å². The Morgan fingerprint density at radius 2 is 1.88 bits per heavy atom. The molecule has 0 saturated heterocycles. The average Bonchev–Trinajstić information content (AvgIpc) is 2.91. The zero-order chi connectivity index (χ0) is 18.7. The molecule has 5 nitrogen and oxygen atoms in total. The first kappa shape index (κ1) is 18.6. The van der Waals surface area contributed by atoms with Gasteiger partial charge in [0.1, 0.15) is 5.82 Å². The van der Waals surface area contributed by atoms with Crippen LogP contribution in [0.25, 0.3) is 0 Å². The molecule has 0 aliphatic carbocycles. The molecule has 2 rings (SSSR count). The topological polar surface area (TPSA) is 68.2 Å². The van der Waals surface area contributed by atoms with Crippen molar-refractivity contribution < 1.29 is 18.8 Å². The Bertz CT molecular complexity index is 837. The number of amides is 1. The number of nitrogens with one attached hydrogen (secondary N) is 1. The molecular formula is C19H21FN2O3. The van der Waals surface area contributed by atoms with Crippen LogP contribution < -0.4 is 5.32 Å². The molecule has 0 radical (unpaired) electrons. The number of benzene rings is 1. The lowest BCUT2D eigenvalue weighted by Crippen LogP contribution is -2.35. The van der Waals surface area contributed by atoms with E-state index >= 15 is 0 Å². The molecule has 6 heteroatoms. The number of aryl methyl sites for hydroxylation is 2. The van der Waals surface area contributed by atoms with Gasteiger partial charge in [0.15, 0.2) is 5.78 Å². The number of ketones is 2. The maximum Gasteiger partial charge on any atom is 0.292 e. The van der Waals surface area contributed by atoms with E-state index in [1.165, 1.54) is 22.9 Å². The molecule has 0 spiro atoms. The van der Waals surface area contributed by atoms with E-state index in [2.05, 4.69) is 5.32 Å². The minimum Gasteiger partial charge on any atom is -0.347 e. The fraction of sp³-hybridized carbons (Fsp3) is 0.316. The van der Waals surface area contributed by atoms with Crippen LogP contribution >= 0.6 is 0 Å². The normalized spacial score (nSPS) is 10.8. The second-order valence-electron chi connectivity index (χ2n) is 6.37.